The Morgan fingerprint density at radius 1 is 1.15 bits per heavy atom. The van der Waals surface area contributed by atoms with E-state index in [1.807, 2.05) is 36.4 Å². The van der Waals surface area contributed by atoms with Crippen LogP contribution in [0.3, 0.4) is 0 Å². The molecule has 104 valence electrons. The van der Waals surface area contributed by atoms with Gasteiger partial charge in [-0.05, 0) is 41.3 Å². The summed E-state index contributed by atoms with van der Waals surface area (Å²) >= 11 is 0. The standard InChI is InChI=1S/C17H20N2O/c1-12(2)14-6-4-8-16(10-14)19-17(20)15-7-3-5-13(9-15)11-18/h3-10,12H,11,18H2,1-2H3,(H,19,20). The zero-order chi connectivity index (χ0) is 14.5. The topological polar surface area (TPSA) is 55.1 Å². The molecule has 0 aromatic heterocycles. The summed E-state index contributed by atoms with van der Waals surface area (Å²) in [5.41, 5.74) is 9.20. The lowest BCUT2D eigenvalue weighted by Crippen LogP contribution is -2.12. The summed E-state index contributed by atoms with van der Waals surface area (Å²) in [4.78, 5) is 12.2. The van der Waals surface area contributed by atoms with Crippen molar-refractivity contribution in [2.24, 2.45) is 5.73 Å². The first-order valence-electron chi connectivity index (χ1n) is 6.80. The number of carbonyl (C=O) groups is 1. The molecule has 0 aliphatic carbocycles. The monoisotopic (exact) mass is 268 g/mol. The quantitative estimate of drug-likeness (QED) is 0.891. The fourth-order valence-corrected chi connectivity index (χ4v) is 2.02. The number of hydrogen-bond acceptors (Lipinski definition) is 2. The summed E-state index contributed by atoms with van der Waals surface area (Å²) in [6.07, 6.45) is 0. The molecule has 0 fully saturated rings. The van der Waals surface area contributed by atoms with Crippen molar-refractivity contribution in [3.8, 4) is 0 Å². The van der Waals surface area contributed by atoms with E-state index in [0.717, 1.165) is 11.3 Å². The van der Waals surface area contributed by atoms with Gasteiger partial charge in [0.15, 0.2) is 0 Å². The zero-order valence-electron chi connectivity index (χ0n) is 11.9. The van der Waals surface area contributed by atoms with Gasteiger partial charge >= 0.3 is 0 Å². The van der Waals surface area contributed by atoms with Crippen LogP contribution >= 0.6 is 0 Å². The third-order valence-corrected chi connectivity index (χ3v) is 3.24. The number of anilines is 1. The molecule has 2 aromatic carbocycles. The minimum Gasteiger partial charge on any atom is -0.326 e. The molecule has 0 saturated heterocycles. The highest BCUT2D eigenvalue weighted by molar-refractivity contribution is 6.04. The minimum atomic E-state index is -0.110. The number of hydrogen-bond donors (Lipinski definition) is 2. The number of amides is 1. The number of benzene rings is 2. The molecule has 0 bridgehead atoms. The van der Waals surface area contributed by atoms with Gasteiger partial charge in [0.05, 0.1) is 0 Å². The lowest BCUT2D eigenvalue weighted by molar-refractivity contribution is 0.102. The molecule has 0 atom stereocenters. The maximum atomic E-state index is 12.2. The maximum Gasteiger partial charge on any atom is 0.255 e. The molecule has 0 radical (unpaired) electrons. The first-order chi connectivity index (χ1) is 9.60. The number of nitrogens with one attached hydrogen (secondary N) is 1. The highest BCUT2D eigenvalue weighted by Gasteiger charge is 2.07. The fraction of sp³-hybridized carbons (Fsp3) is 0.235. The van der Waals surface area contributed by atoms with Crippen LogP contribution in [-0.2, 0) is 6.54 Å². The van der Waals surface area contributed by atoms with Gasteiger partial charge in [-0.15, -0.1) is 0 Å². The Hall–Kier alpha value is -2.13. The van der Waals surface area contributed by atoms with Gasteiger partial charge in [-0.1, -0.05) is 38.1 Å². The second-order valence-electron chi connectivity index (χ2n) is 5.14. The highest BCUT2D eigenvalue weighted by Crippen LogP contribution is 2.19. The molecule has 2 aromatic rings. The number of nitrogens with two attached hydrogens (primary N) is 1. The van der Waals surface area contributed by atoms with Gasteiger partial charge in [0.2, 0.25) is 0 Å². The van der Waals surface area contributed by atoms with E-state index in [9.17, 15) is 4.79 Å². The van der Waals surface area contributed by atoms with Crippen LogP contribution in [0.2, 0.25) is 0 Å². The molecule has 1 amide bonds. The normalized spacial score (nSPS) is 10.6. The molecule has 3 heteroatoms. The Morgan fingerprint density at radius 2 is 1.90 bits per heavy atom. The SMILES string of the molecule is CC(C)c1cccc(NC(=O)c2cccc(CN)c2)c1. The van der Waals surface area contributed by atoms with Gasteiger partial charge in [0, 0.05) is 17.8 Å². The highest BCUT2D eigenvalue weighted by atomic mass is 16.1. The van der Waals surface area contributed by atoms with E-state index in [4.69, 9.17) is 5.73 Å². The largest absolute Gasteiger partial charge is 0.326 e. The van der Waals surface area contributed by atoms with Crippen LogP contribution in [0, 0.1) is 0 Å². The Balaban J connectivity index is 2.16. The van der Waals surface area contributed by atoms with Crippen molar-refractivity contribution in [2.75, 3.05) is 5.32 Å². The van der Waals surface area contributed by atoms with E-state index in [1.54, 1.807) is 6.07 Å². The molecule has 0 unspecified atom stereocenters. The Bertz CT molecular complexity index is 605. The van der Waals surface area contributed by atoms with Crippen molar-refractivity contribution in [1.82, 2.24) is 0 Å². The Kier molecular flexibility index (Phi) is 4.53. The van der Waals surface area contributed by atoms with Gasteiger partial charge in [-0.3, -0.25) is 4.79 Å². The second-order valence-corrected chi connectivity index (χ2v) is 5.14. The van der Waals surface area contributed by atoms with Crippen LogP contribution in [0.25, 0.3) is 0 Å². The number of rotatable bonds is 4. The number of carbonyl (C=O) groups excluding carboxylic acids is 1. The van der Waals surface area contributed by atoms with Crippen LogP contribution in [0.15, 0.2) is 48.5 Å². The summed E-state index contributed by atoms with van der Waals surface area (Å²) in [5.74, 6) is 0.327. The third-order valence-electron chi connectivity index (χ3n) is 3.24. The van der Waals surface area contributed by atoms with E-state index < -0.39 is 0 Å². The molecule has 20 heavy (non-hydrogen) atoms. The first-order valence-corrected chi connectivity index (χ1v) is 6.80. The van der Waals surface area contributed by atoms with Crippen LogP contribution in [0.5, 0.6) is 0 Å². The molecule has 0 heterocycles. The van der Waals surface area contributed by atoms with E-state index >= 15 is 0 Å². The fourth-order valence-electron chi connectivity index (χ4n) is 2.02. The minimum absolute atomic E-state index is 0.110. The molecule has 0 saturated carbocycles. The summed E-state index contributed by atoms with van der Waals surface area (Å²) < 4.78 is 0. The van der Waals surface area contributed by atoms with Gasteiger partial charge in [-0.2, -0.15) is 0 Å². The summed E-state index contributed by atoms with van der Waals surface area (Å²) in [5, 5.41) is 2.93. The van der Waals surface area contributed by atoms with Crippen LogP contribution in [0.1, 0.15) is 41.3 Å². The maximum absolute atomic E-state index is 12.2. The van der Waals surface area contributed by atoms with Gasteiger partial charge < -0.3 is 11.1 Å². The summed E-state index contributed by atoms with van der Waals surface area (Å²) in [7, 11) is 0. The summed E-state index contributed by atoms with van der Waals surface area (Å²) in [6.45, 7) is 4.70. The molecular weight excluding hydrogens is 248 g/mol. The van der Waals surface area contributed by atoms with Crippen molar-refractivity contribution in [1.29, 1.82) is 0 Å². The molecule has 0 spiro atoms. The predicted octanol–water partition coefficient (Wildman–Crippen LogP) is 3.52. The van der Waals surface area contributed by atoms with Crippen molar-refractivity contribution < 1.29 is 4.79 Å². The average molecular weight is 268 g/mol. The van der Waals surface area contributed by atoms with Crippen molar-refractivity contribution in [3.05, 3.63) is 65.2 Å². The Morgan fingerprint density at radius 3 is 2.60 bits per heavy atom. The van der Waals surface area contributed by atoms with E-state index in [2.05, 4.69) is 25.2 Å². The third kappa shape index (κ3) is 3.45. The lowest BCUT2D eigenvalue weighted by Gasteiger charge is -2.10. The molecule has 3 nitrogen and oxygen atoms in total. The molecule has 0 aliphatic rings. The van der Waals surface area contributed by atoms with Crippen molar-refractivity contribution in [2.45, 2.75) is 26.3 Å². The predicted molar refractivity (Wildman–Crippen MR) is 82.8 cm³/mol. The molecule has 3 N–H and O–H groups in total. The van der Waals surface area contributed by atoms with Crippen LogP contribution in [-0.4, -0.2) is 5.91 Å². The average Bonchev–Trinajstić information content (AvgIpc) is 2.47. The smallest absolute Gasteiger partial charge is 0.255 e. The molecule has 0 aliphatic heterocycles. The first kappa shape index (κ1) is 14.3. The van der Waals surface area contributed by atoms with Gasteiger partial charge in [0.1, 0.15) is 0 Å². The van der Waals surface area contributed by atoms with Gasteiger partial charge in [-0.25, -0.2) is 0 Å². The van der Waals surface area contributed by atoms with Crippen molar-refractivity contribution in [3.63, 3.8) is 0 Å². The summed E-state index contributed by atoms with van der Waals surface area (Å²) in [6, 6.07) is 15.3. The molecular formula is C17H20N2O. The molecule has 2 rings (SSSR count). The van der Waals surface area contributed by atoms with Crippen LogP contribution < -0.4 is 11.1 Å². The second kappa shape index (κ2) is 6.35. The lowest BCUT2D eigenvalue weighted by atomic mass is 10.0. The van der Waals surface area contributed by atoms with E-state index in [-0.39, 0.29) is 5.91 Å². The van der Waals surface area contributed by atoms with E-state index in [0.29, 0.717) is 18.0 Å². The van der Waals surface area contributed by atoms with Crippen molar-refractivity contribution >= 4 is 11.6 Å². The Labute approximate surface area is 119 Å². The van der Waals surface area contributed by atoms with Gasteiger partial charge in [0.25, 0.3) is 5.91 Å². The zero-order valence-corrected chi connectivity index (χ0v) is 11.9. The van der Waals surface area contributed by atoms with Crippen LogP contribution in [0.4, 0.5) is 5.69 Å². The van der Waals surface area contributed by atoms with E-state index in [1.165, 1.54) is 5.56 Å².